The predicted octanol–water partition coefficient (Wildman–Crippen LogP) is 2.76. The number of fused-ring (bicyclic) bond motifs is 1. The molecule has 0 aromatic heterocycles. The summed E-state index contributed by atoms with van der Waals surface area (Å²) in [6.45, 7) is 4.97. The average molecular weight is 527 g/mol. The maximum Gasteiger partial charge on any atom is 0.258 e. The summed E-state index contributed by atoms with van der Waals surface area (Å²) in [5.41, 5.74) is 4.13. The molecule has 4 N–H and O–H groups in total. The van der Waals surface area contributed by atoms with Crippen molar-refractivity contribution in [1.29, 1.82) is 0 Å². The molecule has 2 aliphatic heterocycles. The number of benzene rings is 2. The molecule has 8 heteroatoms. The topological polar surface area (TPSA) is 111 Å². The molecular weight excluding hydrogens is 492 g/mol. The van der Waals surface area contributed by atoms with Crippen molar-refractivity contribution in [3.63, 3.8) is 0 Å². The van der Waals surface area contributed by atoms with E-state index in [1.807, 2.05) is 30.3 Å². The van der Waals surface area contributed by atoms with E-state index in [9.17, 15) is 19.5 Å². The minimum atomic E-state index is -0.379. The van der Waals surface area contributed by atoms with Crippen LogP contribution in [0.5, 0.6) is 5.75 Å². The van der Waals surface area contributed by atoms with Crippen LogP contribution >= 0.6 is 0 Å². The van der Waals surface area contributed by atoms with E-state index in [1.54, 1.807) is 12.3 Å². The van der Waals surface area contributed by atoms with Crippen LogP contribution in [0, 0.1) is 5.92 Å². The standard InChI is InChI=1S/C31H34N4O4/c1-18-33-17-24(30(39)34-18)20-5-3-19(4-6-20)11-13-32-29(38)23-9-7-21-15-26-25-10-8-22(36)16-31(25,12-14-35(26)2)27(21)28(23)37/h3-7,9,17,25-26,33,37H,1,8,10-16H2,2H3,(H,32,38)(H,34,39)/t25-,26+,31-/m0/s1. The van der Waals surface area contributed by atoms with E-state index in [0.717, 1.165) is 48.1 Å². The second kappa shape index (κ2) is 9.68. The molecule has 2 fully saturated rings. The zero-order valence-electron chi connectivity index (χ0n) is 22.2. The second-order valence-corrected chi connectivity index (χ2v) is 11.4. The Balaban J connectivity index is 1.16. The first-order valence-electron chi connectivity index (χ1n) is 13.7. The summed E-state index contributed by atoms with van der Waals surface area (Å²) < 4.78 is 0. The molecule has 1 saturated heterocycles. The number of phenolic OH excluding ortho intramolecular Hbond substituents is 1. The van der Waals surface area contributed by atoms with Crippen LogP contribution in [0.25, 0.3) is 5.57 Å². The number of amides is 2. The normalized spacial score (nSPS) is 26.1. The predicted molar refractivity (Wildman–Crippen MR) is 148 cm³/mol. The molecule has 0 spiro atoms. The van der Waals surface area contributed by atoms with Gasteiger partial charge in [-0.2, -0.15) is 0 Å². The van der Waals surface area contributed by atoms with Gasteiger partial charge in [0.05, 0.1) is 11.1 Å². The number of carbonyl (C=O) groups excluding carboxylic acids is 3. The van der Waals surface area contributed by atoms with Gasteiger partial charge in [-0.1, -0.05) is 36.9 Å². The number of Topliss-reactive ketones (excluding diaryl/α,β-unsaturated/α-hetero) is 1. The van der Waals surface area contributed by atoms with Gasteiger partial charge in [0, 0.05) is 42.6 Å². The summed E-state index contributed by atoms with van der Waals surface area (Å²) in [5, 5.41) is 20.0. The fraction of sp³-hybridized carbons (Fsp3) is 0.387. The lowest BCUT2D eigenvalue weighted by Gasteiger charge is -2.58. The second-order valence-electron chi connectivity index (χ2n) is 11.4. The van der Waals surface area contributed by atoms with Crippen molar-refractivity contribution in [2.75, 3.05) is 20.1 Å². The third kappa shape index (κ3) is 4.33. The average Bonchev–Trinajstić information content (AvgIpc) is 2.91. The Morgan fingerprint density at radius 3 is 2.77 bits per heavy atom. The fourth-order valence-electron chi connectivity index (χ4n) is 7.26. The van der Waals surface area contributed by atoms with Crippen molar-refractivity contribution in [1.82, 2.24) is 20.9 Å². The minimum absolute atomic E-state index is 0.0485. The van der Waals surface area contributed by atoms with E-state index in [0.29, 0.717) is 49.2 Å². The molecule has 202 valence electrons. The summed E-state index contributed by atoms with van der Waals surface area (Å²) in [6, 6.07) is 11.7. The highest BCUT2D eigenvalue weighted by molar-refractivity contribution is 6.20. The van der Waals surface area contributed by atoms with Gasteiger partial charge in [-0.15, -0.1) is 0 Å². The fourth-order valence-corrected chi connectivity index (χ4v) is 7.26. The van der Waals surface area contributed by atoms with Gasteiger partial charge in [0.2, 0.25) is 0 Å². The molecule has 2 aliphatic carbocycles. The Kier molecular flexibility index (Phi) is 6.30. The van der Waals surface area contributed by atoms with Crippen LogP contribution in [0.15, 0.2) is 55.0 Å². The Morgan fingerprint density at radius 2 is 2.00 bits per heavy atom. The number of phenols is 1. The minimum Gasteiger partial charge on any atom is -0.507 e. The molecule has 0 radical (unpaired) electrons. The zero-order chi connectivity index (χ0) is 27.3. The number of hydrogen-bond acceptors (Lipinski definition) is 6. The lowest BCUT2D eigenvalue weighted by Crippen LogP contribution is -2.61. The molecule has 2 amide bonds. The molecule has 8 nitrogen and oxygen atoms in total. The van der Waals surface area contributed by atoms with Crippen LogP contribution in [0.4, 0.5) is 0 Å². The maximum atomic E-state index is 13.2. The number of piperidine rings is 1. The molecule has 0 unspecified atom stereocenters. The Bertz CT molecular complexity index is 1410. The largest absolute Gasteiger partial charge is 0.507 e. The third-order valence-electron chi connectivity index (χ3n) is 9.20. The molecule has 3 atom stereocenters. The van der Waals surface area contributed by atoms with Gasteiger partial charge < -0.3 is 26.0 Å². The number of aromatic hydroxyl groups is 1. The van der Waals surface area contributed by atoms with Crippen molar-refractivity contribution in [2.45, 2.75) is 50.0 Å². The molecule has 4 aliphatic rings. The van der Waals surface area contributed by atoms with Crippen molar-refractivity contribution in [2.24, 2.45) is 5.92 Å². The van der Waals surface area contributed by atoms with Crippen molar-refractivity contribution < 1.29 is 19.5 Å². The van der Waals surface area contributed by atoms with Crippen molar-refractivity contribution in [3.8, 4) is 5.75 Å². The summed E-state index contributed by atoms with van der Waals surface area (Å²) in [7, 11) is 2.16. The SMILES string of the molecule is C=C1NC=C(c2ccc(CCNC(=O)c3ccc4c(c3O)[C@]35CCN(C)[C@H](C4)[C@@H]3CCC(=O)C5)cc2)C(=O)N1. The first-order valence-corrected chi connectivity index (χ1v) is 13.7. The van der Waals surface area contributed by atoms with Crippen molar-refractivity contribution >= 4 is 23.2 Å². The van der Waals surface area contributed by atoms with Gasteiger partial charge in [-0.3, -0.25) is 14.4 Å². The lowest BCUT2D eigenvalue weighted by molar-refractivity contribution is -0.127. The van der Waals surface area contributed by atoms with Gasteiger partial charge in [-0.05, 0) is 68.0 Å². The number of likely N-dealkylation sites (tertiary alicyclic amines) is 1. The van der Waals surface area contributed by atoms with Crippen LogP contribution in [0.1, 0.15) is 58.3 Å². The van der Waals surface area contributed by atoms with Gasteiger partial charge in [0.25, 0.3) is 11.8 Å². The zero-order valence-corrected chi connectivity index (χ0v) is 22.2. The van der Waals surface area contributed by atoms with Crippen LogP contribution in [0.3, 0.4) is 0 Å². The Morgan fingerprint density at radius 1 is 1.21 bits per heavy atom. The van der Waals surface area contributed by atoms with E-state index < -0.39 is 0 Å². The number of nitrogens with one attached hydrogen (secondary N) is 3. The monoisotopic (exact) mass is 526 g/mol. The number of likely N-dealkylation sites (N-methyl/N-ethyl adjacent to an activating group) is 1. The summed E-state index contributed by atoms with van der Waals surface area (Å²) in [6.07, 6.45) is 5.79. The Hall–Kier alpha value is -3.91. The van der Waals surface area contributed by atoms with E-state index in [-0.39, 0.29) is 34.3 Å². The third-order valence-corrected chi connectivity index (χ3v) is 9.20. The van der Waals surface area contributed by atoms with Crippen LogP contribution in [0.2, 0.25) is 0 Å². The van der Waals surface area contributed by atoms with E-state index in [4.69, 9.17) is 0 Å². The maximum absolute atomic E-state index is 13.2. The van der Waals surface area contributed by atoms with Gasteiger partial charge >= 0.3 is 0 Å². The van der Waals surface area contributed by atoms with Gasteiger partial charge in [0.1, 0.15) is 17.4 Å². The van der Waals surface area contributed by atoms with E-state index >= 15 is 0 Å². The van der Waals surface area contributed by atoms with E-state index in [1.165, 1.54) is 0 Å². The highest BCUT2D eigenvalue weighted by atomic mass is 16.3. The quantitative estimate of drug-likeness (QED) is 0.477. The van der Waals surface area contributed by atoms with Crippen LogP contribution in [-0.4, -0.2) is 53.8 Å². The molecule has 2 bridgehead atoms. The number of hydrogen-bond donors (Lipinski definition) is 4. The van der Waals surface area contributed by atoms with Crippen LogP contribution < -0.4 is 16.0 Å². The molecule has 2 heterocycles. The highest BCUT2D eigenvalue weighted by Gasteiger charge is 2.56. The number of carbonyl (C=O) groups is 3. The smallest absolute Gasteiger partial charge is 0.258 e. The van der Waals surface area contributed by atoms with Gasteiger partial charge in [0.15, 0.2) is 0 Å². The van der Waals surface area contributed by atoms with Crippen molar-refractivity contribution in [3.05, 3.63) is 82.8 Å². The molecule has 2 aromatic carbocycles. The summed E-state index contributed by atoms with van der Waals surface area (Å²) in [4.78, 5) is 40.4. The number of nitrogens with zero attached hydrogens (tertiary/aromatic N) is 1. The highest BCUT2D eigenvalue weighted by Crippen LogP contribution is 2.57. The first kappa shape index (κ1) is 25.4. The van der Waals surface area contributed by atoms with E-state index in [2.05, 4.69) is 34.5 Å². The Labute approximate surface area is 228 Å². The van der Waals surface area contributed by atoms with Crippen LogP contribution in [-0.2, 0) is 27.8 Å². The number of ketones is 1. The molecule has 2 aromatic rings. The molecule has 39 heavy (non-hydrogen) atoms. The molecule has 6 rings (SSSR count). The summed E-state index contributed by atoms with van der Waals surface area (Å²) in [5.74, 6) is 0.550. The lowest BCUT2D eigenvalue weighted by atomic mass is 9.52. The number of rotatable bonds is 5. The van der Waals surface area contributed by atoms with Gasteiger partial charge in [-0.25, -0.2) is 0 Å². The molecular formula is C31H34N4O4. The summed E-state index contributed by atoms with van der Waals surface area (Å²) >= 11 is 0. The first-order chi connectivity index (χ1) is 18.8. The molecule has 1 saturated carbocycles.